The molecule has 3 aromatic rings. The number of amides is 2. The van der Waals surface area contributed by atoms with E-state index >= 15 is 0 Å². The summed E-state index contributed by atoms with van der Waals surface area (Å²) < 4.78 is 0. The minimum absolute atomic E-state index is 0.0114. The number of nitro benzene ring substituents is 1. The Kier molecular flexibility index (Phi) is 7.03. The fourth-order valence-electron chi connectivity index (χ4n) is 5.48. The molecule has 9 heteroatoms. The number of fused-ring (bicyclic) bond motifs is 2. The number of nitro groups is 1. The van der Waals surface area contributed by atoms with Crippen molar-refractivity contribution in [1.82, 2.24) is 4.90 Å². The molecule has 0 saturated carbocycles. The van der Waals surface area contributed by atoms with Gasteiger partial charge in [-0.3, -0.25) is 24.6 Å². The van der Waals surface area contributed by atoms with Gasteiger partial charge in [-0.1, -0.05) is 61.5 Å². The van der Waals surface area contributed by atoms with Gasteiger partial charge in [-0.25, -0.2) is 0 Å². The lowest BCUT2D eigenvalue weighted by atomic mass is 9.82. The Balaban J connectivity index is 1.40. The molecule has 2 aliphatic heterocycles. The molecular formula is C30H29N3O6. The molecule has 5 rings (SSSR count). The van der Waals surface area contributed by atoms with Gasteiger partial charge in [0.05, 0.1) is 23.3 Å². The number of hydrogen-bond acceptors (Lipinski definition) is 6. The van der Waals surface area contributed by atoms with Gasteiger partial charge < -0.3 is 15.1 Å². The third-order valence-electron chi connectivity index (χ3n) is 7.65. The molecule has 2 amide bonds. The van der Waals surface area contributed by atoms with Crippen LogP contribution in [0, 0.1) is 16.0 Å². The van der Waals surface area contributed by atoms with Crippen molar-refractivity contribution in [3.05, 3.63) is 112 Å². The molecule has 0 spiro atoms. The molecule has 2 heterocycles. The number of carbonyl (C=O) groups excluding carboxylic acids is 2. The van der Waals surface area contributed by atoms with Crippen molar-refractivity contribution in [2.45, 2.75) is 38.0 Å². The number of aliphatic hydroxyl groups is 2. The van der Waals surface area contributed by atoms with E-state index in [-0.39, 0.29) is 36.2 Å². The largest absolute Gasteiger partial charge is 0.394 e. The van der Waals surface area contributed by atoms with Gasteiger partial charge in [0.15, 0.2) is 5.60 Å². The van der Waals surface area contributed by atoms with Crippen LogP contribution >= 0.6 is 0 Å². The zero-order valence-electron chi connectivity index (χ0n) is 21.4. The molecule has 0 unspecified atom stereocenters. The monoisotopic (exact) mass is 527 g/mol. The van der Waals surface area contributed by atoms with Gasteiger partial charge >= 0.3 is 0 Å². The molecule has 2 aliphatic rings. The van der Waals surface area contributed by atoms with Crippen LogP contribution in [0.3, 0.4) is 0 Å². The maximum Gasteiger partial charge on any atom is 0.269 e. The minimum atomic E-state index is -2.07. The number of anilines is 2. The zero-order valence-corrected chi connectivity index (χ0v) is 21.4. The van der Waals surface area contributed by atoms with Gasteiger partial charge in [0.1, 0.15) is 0 Å². The first kappa shape index (κ1) is 26.3. The first-order valence-electron chi connectivity index (χ1n) is 12.8. The highest BCUT2D eigenvalue weighted by Crippen LogP contribution is 2.49. The first-order valence-corrected chi connectivity index (χ1v) is 12.8. The fourth-order valence-corrected chi connectivity index (χ4v) is 5.48. The lowest BCUT2D eigenvalue weighted by Crippen LogP contribution is -2.46. The summed E-state index contributed by atoms with van der Waals surface area (Å²) in [7, 11) is 0. The summed E-state index contributed by atoms with van der Waals surface area (Å²) in [6.07, 6.45) is 3.78. The van der Waals surface area contributed by atoms with Crippen LogP contribution in [-0.4, -0.2) is 44.5 Å². The smallest absolute Gasteiger partial charge is 0.269 e. The second kappa shape index (κ2) is 10.4. The van der Waals surface area contributed by atoms with Crippen molar-refractivity contribution < 1.29 is 24.7 Å². The molecule has 0 fully saturated rings. The Bertz CT molecular complexity index is 1460. The van der Waals surface area contributed by atoms with E-state index in [1.54, 1.807) is 54.3 Å². The van der Waals surface area contributed by atoms with Crippen molar-refractivity contribution in [3.8, 4) is 0 Å². The fraction of sp³-hybridized carbons (Fsp3) is 0.267. The quantitative estimate of drug-likeness (QED) is 0.272. The zero-order chi connectivity index (χ0) is 27.7. The van der Waals surface area contributed by atoms with Crippen molar-refractivity contribution >= 4 is 28.9 Å². The topological polar surface area (TPSA) is 124 Å². The number of rotatable bonds is 7. The Morgan fingerprint density at radius 1 is 1.13 bits per heavy atom. The van der Waals surface area contributed by atoms with Crippen LogP contribution in [0.15, 0.2) is 84.9 Å². The van der Waals surface area contributed by atoms with Crippen LogP contribution in [0.25, 0.3) is 0 Å². The molecule has 0 aromatic heterocycles. The molecule has 3 atom stereocenters. The molecule has 0 saturated heterocycles. The molecule has 3 aromatic carbocycles. The second-order valence-corrected chi connectivity index (χ2v) is 9.95. The Labute approximate surface area is 225 Å². The molecular weight excluding hydrogens is 498 g/mol. The Morgan fingerprint density at radius 2 is 1.82 bits per heavy atom. The Morgan fingerprint density at radius 3 is 2.51 bits per heavy atom. The van der Waals surface area contributed by atoms with Crippen LogP contribution in [-0.2, 0) is 28.2 Å². The summed E-state index contributed by atoms with van der Waals surface area (Å²) in [6.45, 7) is 1.89. The third kappa shape index (κ3) is 4.60. The summed E-state index contributed by atoms with van der Waals surface area (Å²) in [6, 6.07) is 20.3. The lowest BCUT2D eigenvalue weighted by Gasteiger charge is -2.36. The van der Waals surface area contributed by atoms with E-state index in [1.165, 1.54) is 23.1 Å². The normalized spacial score (nSPS) is 21.1. The highest BCUT2D eigenvalue weighted by molar-refractivity contribution is 6.12. The maximum atomic E-state index is 13.7. The van der Waals surface area contributed by atoms with E-state index in [2.05, 4.69) is 0 Å². The van der Waals surface area contributed by atoms with Crippen LogP contribution in [0.1, 0.15) is 30.0 Å². The van der Waals surface area contributed by atoms with Crippen LogP contribution in [0.4, 0.5) is 17.1 Å². The maximum absolute atomic E-state index is 13.7. The summed E-state index contributed by atoms with van der Waals surface area (Å²) in [4.78, 5) is 40.8. The van der Waals surface area contributed by atoms with Crippen molar-refractivity contribution in [2.75, 3.05) is 11.5 Å². The molecule has 2 N–H and O–H groups in total. The summed E-state index contributed by atoms with van der Waals surface area (Å²) in [5, 5.41) is 33.2. The van der Waals surface area contributed by atoms with Gasteiger partial charge in [0, 0.05) is 42.3 Å². The van der Waals surface area contributed by atoms with E-state index < -0.39 is 22.3 Å². The average molecular weight is 528 g/mol. The van der Waals surface area contributed by atoms with Crippen molar-refractivity contribution in [1.29, 1.82) is 0 Å². The van der Waals surface area contributed by atoms with E-state index in [0.29, 0.717) is 24.3 Å². The van der Waals surface area contributed by atoms with E-state index in [0.717, 1.165) is 11.1 Å². The lowest BCUT2D eigenvalue weighted by molar-refractivity contribution is -0.385. The number of hydrogen-bond donors (Lipinski definition) is 2. The number of nitrogens with zero attached hydrogens (tertiary/aromatic N) is 3. The highest BCUT2D eigenvalue weighted by atomic mass is 16.6. The number of benzene rings is 3. The number of aliphatic hydroxyl groups excluding tert-OH is 1. The van der Waals surface area contributed by atoms with Crippen molar-refractivity contribution in [3.63, 3.8) is 0 Å². The molecule has 39 heavy (non-hydrogen) atoms. The minimum Gasteiger partial charge on any atom is -0.394 e. The SMILES string of the molecule is C[C@H](/C=C/CC(=O)N1Cc2ccccc2C[C@H]1CO)[C@@]1(O)C(=O)N(c2ccccc2)c2ccc([N+](=O)[O-])cc21. The molecule has 9 nitrogen and oxygen atoms in total. The molecule has 200 valence electrons. The van der Waals surface area contributed by atoms with Crippen LogP contribution < -0.4 is 4.90 Å². The van der Waals surface area contributed by atoms with E-state index in [1.807, 2.05) is 24.3 Å². The number of para-hydroxylation sites is 1. The van der Waals surface area contributed by atoms with Crippen LogP contribution in [0.2, 0.25) is 0 Å². The summed E-state index contributed by atoms with van der Waals surface area (Å²) in [5.41, 5.74) is 0.881. The predicted molar refractivity (Wildman–Crippen MR) is 145 cm³/mol. The average Bonchev–Trinajstić information content (AvgIpc) is 3.19. The van der Waals surface area contributed by atoms with Gasteiger partial charge in [-0.2, -0.15) is 0 Å². The summed E-state index contributed by atoms with van der Waals surface area (Å²) in [5.74, 6) is -1.61. The Hall–Kier alpha value is -4.34. The first-order chi connectivity index (χ1) is 18.8. The van der Waals surface area contributed by atoms with Gasteiger partial charge in [0.25, 0.3) is 11.6 Å². The molecule has 0 aliphatic carbocycles. The van der Waals surface area contributed by atoms with E-state index in [9.17, 15) is 29.9 Å². The summed E-state index contributed by atoms with van der Waals surface area (Å²) >= 11 is 0. The second-order valence-electron chi connectivity index (χ2n) is 9.95. The van der Waals surface area contributed by atoms with Crippen molar-refractivity contribution in [2.24, 2.45) is 5.92 Å². The molecule has 0 bridgehead atoms. The van der Waals surface area contributed by atoms with E-state index in [4.69, 9.17) is 0 Å². The number of carbonyl (C=O) groups is 2. The van der Waals surface area contributed by atoms with Gasteiger partial charge in [-0.15, -0.1) is 0 Å². The molecule has 0 radical (unpaired) electrons. The predicted octanol–water partition coefficient (Wildman–Crippen LogP) is 3.99. The van der Waals surface area contributed by atoms with Gasteiger partial charge in [0.2, 0.25) is 5.91 Å². The van der Waals surface area contributed by atoms with Gasteiger partial charge in [-0.05, 0) is 35.7 Å². The van der Waals surface area contributed by atoms with Crippen LogP contribution in [0.5, 0.6) is 0 Å². The highest BCUT2D eigenvalue weighted by Gasteiger charge is 2.53. The standard InChI is InChI=1S/C30H29N3O6/c1-20(8-7-13-28(35)31-18-22-10-6-5-9-21(22)16-25(31)19-34)30(37)26-17-24(33(38)39)14-15-27(26)32(29(30)36)23-11-3-2-4-12-23/h2-12,14-15,17,20,25,34,37H,13,16,18-19H2,1H3/b8-7+/t20-,25+,30+/m1/s1. The number of non-ortho nitro benzene ring substituents is 1. The third-order valence-corrected chi connectivity index (χ3v) is 7.65.